The van der Waals surface area contributed by atoms with Gasteiger partial charge in [-0.3, -0.25) is 0 Å². The number of H-pyrrole nitrogens is 1. The van der Waals surface area contributed by atoms with Crippen molar-refractivity contribution in [2.24, 2.45) is 0 Å². The predicted octanol–water partition coefficient (Wildman–Crippen LogP) is 4.98. The van der Waals surface area contributed by atoms with Gasteiger partial charge in [-0.2, -0.15) is 0 Å². The SMILES string of the molecule is CCOc1ccc(C2NCCc3c2[nH]c2cc(C)cc(C)c32)c(CC)c1. The molecule has 1 atom stereocenters. The maximum Gasteiger partial charge on any atom is 0.119 e. The molecule has 1 aliphatic rings. The topological polar surface area (TPSA) is 37.0 Å². The number of aryl methyl sites for hydroxylation is 3. The van der Waals surface area contributed by atoms with Gasteiger partial charge in [0.25, 0.3) is 0 Å². The van der Waals surface area contributed by atoms with E-state index in [2.05, 4.69) is 61.4 Å². The molecule has 4 rings (SSSR count). The van der Waals surface area contributed by atoms with E-state index < -0.39 is 0 Å². The van der Waals surface area contributed by atoms with Gasteiger partial charge >= 0.3 is 0 Å². The summed E-state index contributed by atoms with van der Waals surface area (Å²) in [5.74, 6) is 0.965. The van der Waals surface area contributed by atoms with Crippen molar-refractivity contribution < 1.29 is 4.74 Å². The summed E-state index contributed by atoms with van der Waals surface area (Å²) in [5, 5.41) is 5.16. The highest BCUT2D eigenvalue weighted by atomic mass is 16.5. The smallest absolute Gasteiger partial charge is 0.119 e. The van der Waals surface area contributed by atoms with Crippen LogP contribution in [-0.2, 0) is 12.8 Å². The van der Waals surface area contributed by atoms with Gasteiger partial charge in [-0.05, 0) is 79.6 Å². The first-order chi connectivity index (χ1) is 12.6. The van der Waals surface area contributed by atoms with Crippen molar-refractivity contribution in [3.8, 4) is 5.75 Å². The van der Waals surface area contributed by atoms with Crippen molar-refractivity contribution in [1.29, 1.82) is 0 Å². The molecule has 3 nitrogen and oxygen atoms in total. The van der Waals surface area contributed by atoms with Gasteiger partial charge < -0.3 is 15.0 Å². The molecule has 2 N–H and O–H groups in total. The Bertz CT molecular complexity index is 954. The Balaban J connectivity index is 1.85. The van der Waals surface area contributed by atoms with Crippen molar-refractivity contribution in [3.05, 3.63) is 63.8 Å². The van der Waals surface area contributed by atoms with Crippen LogP contribution >= 0.6 is 0 Å². The van der Waals surface area contributed by atoms with Crippen LogP contribution in [0, 0.1) is 13.8 Å². The largest absolute Gasteiger partial charge is 0.494 e. The molecular formula is C23H28N2O. The lowest BCUT2D eigenvalue weighted by Gasteiger charge is -2.27. The van der Waals surface area contributed by atoms with Crippen LogP contribution in [0.3, 0.4) is 0 Å². The van der Waals surface area contributed by atoms with E-state index in [0.29, 0.717) is 6.61 Å². The highest BCUT2D eigenvalue weighted by molar-refractivity contribution is 5.89. The normalized spacial score (nSPS) is 16.7. The van der Waals surface area contributed by atoms with E-state index in [0.717, 1.165) is 25.1 Å². The Labute approximate surface area is 155 Å². The summed E-state index contributed by atoms with van der Waals surface area (Å²) in [6.45, 7) is 10.4. The van der Waals surface area contributed by atoms with E-state index in [9.17, 15) is 0 Å². The van der Waals surface area contributed by atoms with Gasteiger partial charge in [-0.25, -0.2) is 0 Å². The van der Waals surface area contributed by atoms with Crippen molar-refractivity contribution in [2.45, 2.75) is 46.6 Å². The minimum Gasteiger partial charge on any atom is -0.494 e. The molecule has 1 unspecified atom stereocenters. The van der Waals surface area contributed by atoms with Crippen LogP contribution in [0.15, 0.2) is 30.3 Å². The molecule has 3 aromatic rings. The number of hydrogen-bond donors (Lipinski definition) is 2. The summed E-state index contributed by atoms with van der Waals surface area (Å²) in [6, 6.07) is 11.3. The van der Waals surface area contributed by atoms with Gasteiger partial charge in [0.2, 0.25) is 0 Å². The van der Waals surface area contributed by atoms with Crippen LogP contribution in [0.25, 0.3) is 10.9 Å². The molecule has 0 bridgehead atoms. The molecule has 2 aromatic carbocycles. The zero-order chi connectivity index (χ0) is 18.3. The third-order valence-electron chi connectivity index (χ3n) is 5.51. The van der Waals surface area contributed by atoms with Crippen molar-refractivity contribution in [2.75, 3.05) is 13.2 Å². The van der Waals surface area contributed by atoms with Crippen LogP contribution < -0.4 is 10.1 Å². The van der Waals surface area contributed by atoms with Gasteiger partial charge in [0.05, 0.1) is 12.6 Å². The van der Waals surface area contributed by atoms with E-state index in [-0.39, 0.29) is 6.04 Å². The van der Waals surface area contributed by atoms with Gasteiger partial charge in [-0.1, -0.05) is 19.1 Å². The van der Waals surface area contributed by atoms with Crippen LogP contribution in [0.1, 0.15) is 53.4 Å². The quantitative estimate of drug-likeness (QED) is 0.697. The average Bonchev–Trinajstić information content (AvgIpc) is 3.00. The molecule has 0 radical (unpaired) electrons. The van der Waals surface area contributed by atoms with E-state index in [4.69, 9.17) is 4.74 Å². The number of benzene rings is 2. The summed E-state index contributed by atoms with van der Waals surface area (Å²) in [6.07, 6.45) is 2.08. The number of fused-ring (bicyclic) bond motifs is 3. The van der Waals surface area contributed by atoms with E-state index >= 15 is 0 Å². The Morgan fingerprint density at radius 1 is 1.12 bits per heavy atom. The number of nitrogens with one attached hydrogen (secondary N) is 2. The lowest BCUT2D eigenvalue weighted by molar-refractivity contribution is 0.339. The molecule has 1 aliphatic heterocycles. The fourth-order valence-corrected chi connectivity index (χ4v) is 4.46. The molecule has 1 aromatic heterocycles. The molecule has 0 fully saturated rings. The standard InChI is InChI=1S/C23H28N2O/c1-5-16-13-17(26-6-2)7-8-18(16)22-23-19(9-10-24-22)21-15(4)11-14(3)12-20(21)25-23/h7-8,11-13,22,24-25H,5-6,9-10H2,1-4H3. The Hall–Kier alpha value is -2.26. The van der Waals surface area contributed by atoms with E-state index in [1.54, 1.807) is 0 Å². The number of aromatic amines is 1. The maximum absolute atomic E-state index is 5.71. The zero-order valence-electron chi connectivity index (χ0n) is 16.2. The second-order valence-electron chi connectivity index (χ2n) is 7.31. The maximum atomic E-state index is 5.71. The Kier molecular flexibility index (Phi) is 4.49. The first kappa shape index (κ1) is 17.2. The summed E-state index contributed by atoms with van der Waals surface area (Å²) in [5.41, 5.74) is 9.49. The summed E-state index contributed by atoms with van der Waals surface area (Å²) in [4.78, 5) is 3.74. The lowest BCUT2D eigenvalue weighted by Crippen LogP contribution is -2.31. The van der Waals surface area contributed by atoms with Gasteiger partial charge in [-0.15, -0.1) is 0 Å². The third-order valence-corrected chi connectivity index (χ3v) is 5.51. The minimum atomic E-state index is 0.219. The molecular weight excluding hydrogens is 320 g/mol. The van der Waals surface area contributed by atoms with Crippen LogP contribution in [0.4, 0.5) is 0 Å². The van der Waals surface area contributed by atoms with Gasteiger partial charge in [0.1, 0.15) is 5.75 Å². The second kappa shape index (κ2) is 6.81. The lowest BCUT2D eigenvalue weighted by atomic mass is 9.90. The van der Waals surface area contributed by atoms with Crippen molar-refractivity contribution in [1.82, 2.24) is 10.3 Å². The number of rotatable bonds is 4. The molecule has 26 heavy (non-hydrogen) atoms. The minimum absolute atomic E-state index is 0.219. The van der Waals surface area contributed by atoms with E-state index in [1.165, 1.54) is 44.4 Å². The molecule has 0 saturated heterocycles. The van der Waals surface area contributed by atoms with Gasteiger partial charge in [0, 0.05) is 23.1 Å². The highest BCUT2D eigenvalue weighted by Crippen LogP contribution is 2.37. The summed E-state index contributed by atoms with van der Waals surface area (Å²) < 4.78 is 5.71. The van der Waals surface area contributed by atoms with Crippen molar-refractivity contribution in [3.63, 3.8) is 0 Å². The fourth-order valence-electron chi connectivity index (χ4n) is 4.46. The second-order valence-corrected chi connectivity index (χ2v) is 7.31. The fraction of sp³-hybridized carbons (Fsp3) is 0.391. The van der Waals surface area contributed by atoms with Crippen LogP contribution in [-0.4, -0.2) is 18.1 Å². The molecule has 0 amide bonds. The molecule has 0 saturated carbocycles. The summed E-state index contributed by atoms with van der Waals surface area (Å²) in [7, 11) is 0. The predicted molar refractivity (Wildman–Crippen MR) is 108 cm³/mol. The van der Waals surface area contributed by atoms with Gasteiger partial charge in [0.15, 0.2) is 0 Å². The highest BCUT2D eigenvalue weighted by Gasteiger charge is 2.27. The molecule has 3 heteroatoms. The first-order valence-electron chi connectivity index (χ1n) is 9.73. The Morgan fingerprint density at radius 2 is 1.96 bits per heavy atom. The third kappa shape index (κ3) is 2.80. The summed E-state index contributed by atoms with van der Waals surface area (Å²) >= 11 is 0. The van der Waals surface area contributed by atoms with Crippen molar-refractivity contribution >= 4 is 10.9 Å². The van der Waals surface area contributed by atoms with Crippen LogP contribution in [0.5, 0.6) is 5.75 Å². The van der Waals surface area contributed by atoms with Crippen LogP contribution in [0.2, 0.25) is 0 Å². The zero-order valence-corrected chi connectivity index (χ0v) is 16.2. The molecule has 0 aliphatic carbocycles. The molecule has 0 spiro atoms. The molecule has 2 heterocycles. The first-order valence-corrected chi connectivity index (χ1v) is 9.73. The number of hydrogen-bond acceptors (Lipinski definition) is 2. The Morgan fingerprint density at radius 3 is 2.73 bits per heavy atom. The number of aromatic nitrogens is 1. The van der Waals surface area contributed by atoms with E-state index in [1.807, 2.05) is 6.92 Å². The monoisotopic (exact) mass is 348 g/mol. The molecule has 136 valence electrons. The number of ether oxygens (including phenoxy) is 1. The average molecular weight is 348 g/mol.